The van der Waals surface area contributed by atoms with Gasteiger partial charge in [0.25, 0.3) is 0 Å². The van der Waals surface area contributed by atoms with E-state index in [9.17, 15) is 14.4 Å². The summed E-state index contributed by atoms with van der Waals surface area (Å²) in [5, 5.41) is 8.26. The van der Waals surface area contributed by atoms with Crippen LogP contribution in [0, 0.1) is 5.92 Å². The SMILES string of the molecule is C/C(=C\C(=O)Nc1ccc(CNC(=O)CCNC(=O)OC(C)(C)C)cc1)C1CCCC1. The third-order valence-electron chi connectivity index (χ3n) is 5.09. The third-order valence-corrected chi connectivity index (χ3v) is 5.09. The van der Waals surface area contributed by atoms with Crippen molar-refractivity contribution >= 4 is 23.6 Å². The Hall–Kier alpha value is -2.83. The molecule has 3 amide bonds. The van der Waals surface area contributed by atoms with E-state index in [2.05, 4.69) is 16.0 Å². The fraction of sp³-hybridized carbons (Fsp3) is 0.542. The molecule has 0 spiro atoms. The van der Waals surface area contributed by atoms with Gasteiger partial charge in [0.05, 0.1) is 0 Å². The number of carbonyl (C=O) groups excluding carboxylic acids is 3. The van der Waals surface area contributed by atoms with Crippen LogP contribution in [0.2, 0.25) is 0 Å². The number of benzene rings is 1. The van der Waals surface area contributed by atoms with E-state index < -0.39 is 11.7 Å². The summed E-state index contributed by atoms with van der Waals surface area (Å²) in [6.45, 7) is 7.96. The first kappa shape index (κ1) is 24.4. The predicted octanol–water partition coefficient (Wildman–Crippen LogP) is 4.29. The molecule has 0 unspecified atom stereocenters. The highest BCUT2D eigenvalue weighted by atomic mass is 16.6. The standard InChI is InChI=1S/C24H35N3O4/c1-17(19-7-5-6-8-19)15-22(29)27-20-11-9-18(10-12-20)16-26-21(28)13-14-25-23(30)31-24(2,3)4/h9-12,15,19H,5-8,13-14,16H2,1-4H3,(H,25,30)(H,26,28)(H,27,29)/b17-15+. The van der Waals surface area contributed by atoms with Gasteiger partial charge in [0.15, 0.2) is 0 Å². The third kappa shape index (κ3) is 9.68. The van der Waals surface area contributed by atoms with Crippen molar-refractivity contribution in [2.24, 2.45) is 5.92 Å². The van der Waals surface area contributed by atoms with Gasteiger partial charge in [-0.3, -0.25) is 9.59 Å². The van der Waals surface area contributed by atoms with E-state index in [0.717, 1.165) is 16.8 Å². The van der Waals surface area contributed by atoms with E-state index in [1.165, 1.54) is 25.7 Å². The molecule has 0 heterocycles. The lowest BCUT2D eigenvalue weighted by Crippen LogP contribution is -2.35. The zero-order valence-corrected chi connectivity index (χ0v) is 19.0. The van der Waals surface area contributed by atoms with E-state index in [1.807, 2.05) is 31.2 Å². The average molecular weight is 430 g/mol. The van der Waals surface area contributed by atoms with E-state index >= 15 is 0 Å². The number of ether oxygens (including phenoxy) is 1. The van der Waals surface area contributed by atoms with Crippen LogP contribution in [0.4, 0.5) is 10.5 Å². The van der Waals surface area contributed by atoms with Crippen LogP contribution in [0.25, 0.3) is 0 Å². The Morgan fingerprint density at radius 2 is 1.71 bits per heavy atom. The van der Waals surface area contributed by atoms with Crippen molar-refractivity contribution in [2.75, 3.05) is 11.9 Å². The quantitative estimate of drug-likeness (QED) is 0.537. The molecule has 1 aliphatic rings. The minimum Gasteiger partial charge on any atom is -0.444 e. The Bertz CT molecular complexity index is 788. The van der Waals surface area contributed by atoms with Gasteiger partial charge in [-0.15, -0.1) is 0 Å². The zero-order valence-electron chi connectivity index (χ0n) is 19.0. The number of amides is 3. The lowest BCUT2D eigenvalue weighted by Gasteiger charge is -2.19. The summed E-state index contributed by atoms with van der Waals surface area (Å²) in [4.78, 5) is 35.7. The molecular formula is C24H35N3O4. The largest absolute Gasteiger partial charge is 0.444 e. The van der Waals surface area contributed by atoms with Crippen LogP contribution in [-0.4, -0.2) is 30.1 Å². The fourth-order valence-electron chi connectivity index (χ4n) is 3.47. The van der Waals surface area contributed by atoms with Gasteiger partial charge in [0, 0.05) is 31.3 Å². The van der Waals surface area contributed by atoms with Crippen LogP contribution in [0.3, 0.4) is 0 Å². The summed E-state index contributed by atoms with van der Waals surface area (Å²) in [6.07, 6.45) is 6.17. The maximum atomic E-state index is 12.2. The molecule has 31 heavy (non-hydrogen) atoms. The van der Waals surface area contributed by atoms with Crippen molar-refractivity contribution < 1.29 is 19.1 Å². The van der Waals surface area contributed by atoms with Crippen molar-refractivity contribution in [3.05, 3.63) is 41.5 Å². The zero-order chi connectivity index (χ0) is 22.9. The Kier molecular flexibility index (Phi) is 9.09. The maximum Gasteiger partial charge on any atom is 0.407 e. The molecule has 1 saturated carbocycles. The second kappa shape index (κ2) is 11.5. The number of rotatable bonds is 8. The fourth-order valence-corrected chi connectivity index (χ4v) is 3.47. The molecule has 1 aliphatic carbocycles. The van der Waals surface area contributed by atoms with Crippen LogP contribution in [-0.2, 0) is 20.9 Å². The molecule has 7 heteroatoms. The van der Waals surface area contributed by atoms with Crippen LogP contribution in [0.5, 0.6) is 0 Å². The topological polar surface area (TPSA) is 96.5 Å². The summed E-state index contributed by atoms with van der Waals surface area (Å²) < 4.78 is 5.12. The first-order valence-electron chi connectivity index (χ1n) is 10.9. The van der Waals surface area contributed by atoms with Crippen LogP contribution in [0.1, 0.15) is 65.4 Å². The number of hydrogen-bond donors (Lipinski definition) is 3. The number of alkyl carbamates (subject to hydrolysis) is 1. The highest BCUT2D eigenvalue weighted by molar-refractivity contribution is 5.99. The second-order valence-corrected chi connectivity index (χ2v) is 9.01. The molecule has 3 N–H and O–H groups in total. The van der Waals surface area contributed by atoms with E-state index in [1.54, 1.807) is 26.8 Å². The Balaban J connectivity index is 1.69. The maximum absolute atomic E-state index is 12.2. The van der Waals surface area contributed by atoms with Gasteiger partial charge in [-0.2, -0.15) is 0 Å². The number of nitrogens with one attached hydrogen (secondary N) is 3. The molecule has 1 fully saturated rings. The predicted molar refractivity (Wildman–Crippen MR) is 121 cm³/mol. The molecule has 2 rings (SSSR count). The lowest BCUT2D eigenvalue weighted by molar-refractivity contribution is -0.121. The minimum absolute atomic E-state index is 0.108. The molecule has 1 aromatic carbocycles. The van der Waals surface area contributed by atoms with E-state index in [0.29, 0.717) is 12.5 Å². The highest BCUT2D eigenvalue weighted by Gasteiger charge is 2.17. The normalized spacial score (nSPS) is 14.8. The molecule has 7 nitrogen and oxygen atoms in total. The molecule has 0 aliphatic heterocycles. The summed E-state index contributed by atoms with van der Waals surface area (Å²) in [5.41, 5.74) is 2.22. The Morgan fingerprint density at radius 1 is 1.06 bits per heavy atom. The van der Waals surface area contributed by atoms with Crippen LogP contribution >= 0.6 is 0 Å². The average Bonchev–Trinajstić information content (AvgIpc) is 3.21. The molecule has 170 valence electrons. The molecule has 0 saturated heterocycles. The molecule has 0 radical (unpaired) electrons. The van der Waals surface area contributed by atoms with Gasteiger partial charge < -0.3 is 20.7 Å². The van der Waals surface area contributed by atoms with E-state index in [4.69, 9.17) is 4.74 Å². The van der Waals surface area contributed by atoms with Gasteiger partial charge in [-0.1, -0.05) is 30.5 Å². The smallest absolute Gasteiger partial charge is 0.407 e. The summed E-state index contributed by atoms with van der Waals surface area (Å²) in [7, 11) is 0. The number of hydrogen-bond acceptors (Lipinski definition) is 4. The van der Waals surface area contributed by atoms with Gasteiger partial charge >= 0.3 is 6.09 Å². The van der Waals surface area contributed by atoms with Crippen molar-refractivity contribution in [2.45, 2.75) is 71.9 Å². The van der Waals surface area contributed by atoms with Crippen LogP contribution < -0.4 is 16.0 Å². The van der Waals surface area contributed by atoms with Crippen molar-refractivity contribution in [1.82, 2.24) is 10.6 Å². The minimum atomic E-state index is -0.566. The number of carbonyl (C=O) groups is 3. The number of allylic oxidation sites excluding steroid dienone is 1. The molecule has 0 atom stereocenters. The van der Waals surface area contributed by atoms with Gasteiger partial charge in [0.1, 0.15) is 5.60 Å². The van der Waals surface area contributed by atoms with Crippen LogP contribution in [0.15, 0.2) is 35.9 Å². The summed E-state index contributed by atoms with van der Waals surface area (Å²) >= 11 is 0. The second-order valence-electron chi connectivity index (χ2n) is 9.01. The van der Waals surface area contributed by atoms with Crippen molar-refractivity contribution in [3.63, 3.8) is 0 Å². The van der Waals surface area contributed by atoms with Gasteiger partial charge in [-0.05, 0) is 64.2 Å². The first-order valence-corrected chi connectivity index (χ1v) is 10.9. The van der Waals surface area contributed by atoms with Crippen molar-refractivity contribution in [3.8, 4) is 0 Å². The van der Waals surface area contributed by atoms with Gasteiger partial charge in [0.2, 0.25) is 11.8 Å². The lowest BCUT2D eigenvalue weighted by atomic mass is 9.99. The number of anilines is 1. The summed E-state index contributed by atoms with van der Waals surface area (Å²) in [6, 6.07) is 7.37. The molecule has 1 aromatic rings. The molecule has 0 aromatic heterocycles. The van der Waals surface area contributed by atoms with Crippen molar-refractivity contribution in [1.29, 1.82) is 0 Å². The van der Waals surface area contributed by atoms with E-state index in [-0.39, 0.29) is 24.8 Å². The monoisotopic (exact) mass is 429 g/mol. The first-order chi connectivity index (χ1) is 14.6. The Labute approximate surface area is 185 Å². The summed E-state index contributed by atoms with van der Waals surface area (Å²) in [5.74, 6) is 0.264. The highest BCUT2D eigenvalue weighted by Crippen LogP contribution is 2.30. The molecule has 0 bridgehead atoms. The molecular weight excluding hydrogens is 394 g/mol. The van der Waals surface area contributed by atoms with Gasteiger partial charge in [-0.25, -0.2) is 4.79 Å². The Morgan fingerprint density at radius 3 is 2.32 bits per heavy atom.